The van der Waals surface area contributed by atoms with Gasteiger partial charge in [0, 0.05) is 31.8 Å². The van der Waals surface area contributed by atoms with Crippen LogP contribution in [0.3, 0.4) is 0 Å². The van der Waals surface area contributed by atoms with Gasteiger partial charge in [-0.3, -0.25) is 14.9 Å². The van der Waals surface area contributed by atoms with Crippen molar-refractivity contribution in [3.8, 4) is 0 Å². The first-order chi connectivity index (χ1) is 10.1. The third-order valence-corrected chi connectivity index (χ3v) is 4.72. The predicted molar refractivity (Wildman–Crippen MR) is 79.4 cm³/mol. The van der Waals surface area contributed by atoms with Gasteiger partial charge in [-0.2, -0.15) is 0 Å². The predicted octanol–water partition coefficient (Wildman–Crippen LogP) is 2.51. The maximum atomic E-state index is 12.5. The molecule has 0 radical (unpaired) electrons. The molecule has 1 aromatic carbocycles. The lowest BCUT2D eigenvalue weighted by Gasteiger charge is -2.17. The fraction of sp³-hybridized carbons (Fsp3) is 0.533. The van der Waals surface area contributed by atoms with Crippen molar-refractivity contribution in [2.75, 3.05) is 25.5 Å². The molecule has 2 fully saturated rings. The molecular formula is C15H19N3O3. The molecule has 1 saturated carbocycles. The molecule has 0 aromatic heterocycles. The van der Waals surface area contributed by atoms with E-state index in [1.54, 1.807) is 19.2 Å². The first kappa shape index (κ1) is 13.9. The highest BCUT2D eigenvalue weighted by molar-refractivity contribution is 5.96. The number of carbonyl (C=O) groups is 1. The largest absolute Gasteiger partial charge is 0.383 e. The Hall–Kier alpha value is -2.11. The summed E-state index contributed by atoms with van der Waals surface area (Å²) in [7, 11) is 1.63. The van der Waals surface area contributed by atoms with Gasteiger partial charge in [-0.25, -0.2) is 0 Å². The summed E-state index contributed by atoms with van der Waals surface area (Å²) >= 11 is 0. The number of likely N-dealkylation sites (tertiary alicyclic amines) is 1. The van der Waals surface area contributed by atoms with Crippen molar-refractivity contribution in [2.24, 2.45) is 11.8 Å². The van der Waals surface area contributed by atoms with Crippen LogP contribution in [0.1, 0.15) is 29.6 Å². The van der Waals surface area contributed by atoms with Gasteiger partial charge in [0.1, 0.15) is 5.69 Å². The number of amides is 1. The van der Waals surface area contributed by atoms with Gasteiger partial charge in [0.25, 0.3) is 11.6 Å². The van der Waals surface area contributed by atoms with E-state index < -0.39 is 4.92 Å². The van der Waals surface area contributed by atoms with Crippen molar-refractivity contribution in [2.45, 2.75) is 19.3 Å². The average molecular weight is 289 g/mol. The molecule has 1 heterocycles. The Morgan fingerprint density at radius 1 is 1.33 bits per heavy atom. The Labute approximate surface area is 123 Å². The molecule has 1 aliphatic carbocycles. The second-order valence-electron chi connectivity index (χ2n) is 5.90. The van der Waals surface area contributed by atoms with Crippen LogP contribution >= 0.6 is 0 Å². The number of hydrogen-bond acceptors (Lipinski definition) is 4. The number of fused-ring (bicyclic) bond motifs is 1. The molecule has 2 aliphatic rings. The number of nitrogens with zero attached hydrogens (tertiary/aromatic N) is 2. The van der Waals surface area contributed by atoms with Crippen molar-refractivity contribution in [3.05, 3.63) is 33.9 Å². The van der Waals surface area contributed by atoms with Gasteiger partial charge in [0.05, 0.1) is 4.92 Å². The lowest BCUT2D eigenvalue weighted by atomic mass is 10.0. The normalized spacial score (nSPS) is 24.0. The van der Waals surface area contributed by atoms with Crippen LogP contribution in [0.4, 0.5) is 11.4 Å². The molecule has 1 saturated heterocycles. The van der Waals surface area contributed by atoms with Crippen LogP contribution in [-0.4, -0.2) is 35.9 Å². The zero-order chi connectivity index (χ0) is 15.0. The second-order valence-corrected chi connectivity index (χ2v) is 5.90. The summed E-state index contributed by atoms with van der Waals surface area (Å²) in [6, 6.07) is 4.64. The number of rotatable bonds is 3. The number of carbonyl (C=O) groups excluding carboxylic acids is 1. The molecule has 1 N–H and O–H groups in total. The molecular weight excluding hydrogens is 270 g/mol. The number of benzene rings is 1. The van der Waals surface area contributed by atoms with Crippen LogP contribution in [0.15, 0.2) is 18.2 Å². The van der Waals surface area contributed by atoms with Gasteiger partial charge in [-0.15, -0.1) is 0 Å². The summed E-state index contributed by atoms with van der Waals surface area (Å²) in [4.78, 5) is 25.0. The minimum atomic E-state index is -0.457. The molecule has 21 heavy (non-hydrogen) atoms. The smallest absolute Gasteiger partial charge is 0.293 e. The Morgan fingerprint density at radius 3 is 2.57 bits per heavy atom. The van der Waals surface area contributed by atoms with Crippen LogP contribution in [0.5, 0.6) is 0 Å². The number of hydrogen-bond donors (Lipinski definition) is 1. The van der Waals surface area contributed by atoms with Gasteiger partial charge in [0.2, 0.25) is 0 Å². The zero-order valence-electron chi connectivity index (χ0n) is 12.0. The molecule has 1 amide bonds. The molecule has 6 heteroatoms. The summed E-state index contributed by atoms with van der Waals surface area (Å²) in [5, 5.41) is 13.9. The Morgan fingerprint density at radius 2 is 2.00 bits per heavy atom. The second kappa shape index (κ2) is 5.35. The Bertz CT molecular complexity index is 576. The molecule has 2 unspecified atom stereocenters. The van der Waals surface area contributed by atoms with Crippen molar-refractivity contribution in [1.82, 2.24) is 4.90 Å². The van der Waals surface area contributed by atoms with Gasteiger partial charge >= 0.3 is 0 Å². The van der Waals surface area contributed by atoms with Crippen molar-refractivity contribution in [3.63, 3.8) is 0 Å². The van der Waals surface area contributed by atoms with Crippen LogP contribution < -0.4 is 5.32 Å². The van der Waals surface area contributed by atoms with Crippen molar-refractivity contribution in [1.29, 1.82) is 0 Å². The zero-order valence-corrected chi connectivity index (χ0v) is 12.0. The van der Waals surface area contributed by atoms with Crippen LogP contribution in [-0.2, 0) is 0 Å². The van der Waals surface area contributed by atoms with E-state index in [-0.39, 0.29) is 11.6 Å². The highest BCUT2D eigenvalue weighted by atomic mass is 16.6. The van der Waals surface area contributed by atoms with Gasteiger partial charge in [0.15, 0.2) is 0 Å². The molecule has 0 bridgehead atoms. The third-order valence-electron chi connectivity index (χ3n) is 4.72. The number of nitro benzene ring substituents is 1. The van der Waals surface area contributed by atoms with Crippen LogP contribution in [0, 0.1) is 22.0 Å². The molecule has 112 valence electrons. The monoisotopic (exact) mass is 289 g/mol. The van der Waals surface area contributed by atoms with E-state index in [0.717, 1.165) is 13.1 Å². The maximum Gasteiger partial charge on any atom is 0.293 e. The summed E-state index contributed by atoms with van der Waals surface area (Å²) < 4.78 is 0. The molecule has 1 aliphatic heterocycles. The number of anilines is 1. The van der Waals surface area contributed by atoms with Gasteiger partial charge < -0.3 is 10.2 Å². The highest BCUT2D eigenvalue weighted by Gasteiger charge is 2.38. The van der Waals surface area contributed by atoms with E-state index in [0.29, 0.717) is 23.1 Å². The standard InChI is InChI=1S/C15H19N3O3/c1-16-13-6-5-10(7-14(13)18(20)21)15(19)17-8-11-3-2-4-12(11)9-17/h5-7,11-12,16H,2-4,8-9H2,1H3. The lowest BCUT2D eigenvalue weighted by Crippen LogP contribution is -2.29. The van der Waals surface area contributed by atoms with Crippen LogP contribution in [0.2, 0.25) is 0 Å². The third kappa shape index (κ3) is 2.46. The lowest BCUT2D eigenvalue weighted by molar-refractivity contribution is -0.384. The number of nitrogens with one attached hydrogen (secondary N) is 1. The summed E-state index contributed by atoms with van der Waals surface area (Å²) in [5.41, 5.74) is 0.776. The maximum absolute atomic E-state index is 12.5. The topological polar surface area (TPSA) is 75.5 Å². The Kier molecular flexibility index (Phi) is 3.53. The summed E-state index contributed by atoms with van der Waals surface area (Å²) in [5.74, 6) is 1.16. The molecule has 1 aromatic rings. The van der Waals surface area contributed by atoms with E-state index >= 15 is 0 Å². The van der Waals surface area contributed by atoms with E-state index in [9.17, 15) is 14.9 Å². The first-order valence-electron chi connectivity index (χ1n) is 7.35. The van der Waals surface area contributed by atoms with Crippen LogP contribution in [0.25, 0.3) is 0 Å². The van der Waals surface area contributed by atoms with E-state index in [1.807, 2.05) is 4.90 Å². The molecule has 6 nitrogen and oxygen atoms in total. The SMILES string of the molecule is CNc1ccc(C(=O)N2CC3CCCC3C2)cc1[N+](=O)[O-]. The van der Waals surface area contributed by atoms with E-state index in [4.69, 9.17) is 0 Å². The Balaban J connectivity index is 1.82. The summed E-state index contributed by atoms with van der Waals surface area (Å²) in [6.45, 7) is 1.59. The average Bonchev–Trinajstić information content (AvgIpc) is 3.06. The van der Waals surface area contributed by atoms with E-state index in [2.05, 4.69) is 5.32 Å². The number of nitro groups is 1. The van der Waals surface area contributed by atoms with Crippen molar-refractivity contribution < 1.29 is 9.72 Å². The minimum Gasteiger partial charge on any atom is -0.383 e. The van der Waals surface area contributed by atoms with Gasteiger partial charge in [-0.1, -0.05) is 6.42 Å². The molecule has 0 spiro atoms. The van der Waals surface area contributed by atoms with Gasteiger partial charge in [-0.05, 0) is 36.8 Å². The quantitative estimate of drug-likeness (QED) is 0.685. The molecule has 2 atom stereocenters. The first-order valence-corrected chi connectivity index (χ1v) is 7.35. The van der Waals surface area contributed by atoms with E-state index in [1.165, 1.54) is 25.3 Å². The fourth-order valence-electron chi connectivity index (χ4n) is 3.61. The highest BCUT2D eigenvalue weighted by Crippen LogP contribution is 2.38. The minimum absolute atomic E-state index is 0.0530. The van der Waals surface area contributed by atoms with Crippen molar-refractivity contribution >= 4 is 17.3 Å². The summed E-state index contributed by atoms with van der Waals surface area (Å²) in [6.07, 6.45) is 3.67. The fourth-order valence-corrected chi connectivity index (χ4v) is 3.61. The molecule has 3 rings (SSSR count).